The highest BCUT2D eigenvalue weighted by Gasteiger charge is 2.45. The van der Waals surface area contributed by atoms with E-state index in [2.05, 4.69) is 10.2 Å². The molecule has 0 bridgehead atoms. The molecular weight excluding hydrogens is 184 g/mol. The van der Waals surface area contributed by atoms with Crippen LogP contribution in [-0.2, 0) is 0 Å². The summed E-state index contributed by atoms with van der Waals surface area (Å²) in [6, 6.07) is 0. The summed E-state index contributed by atoms with van der Waals surface area (Å²) in [6.07, 6.45) is 0. The minimum absolute atomic E-state index is 0.221. The Morgan fingerprint density at radius 1 is 1.42 bits per heavy atom. The van der Waals surface area contributed by atoms with E-state index in [1.54, 1.807) is 6.92 Å². The molecule has 0 aliphatic carbocycles. The lowest BCUT2D eigenvalue weighted by Crippen LogP contribution is -2.56. The minimum atomic E-state index is -2.53. The van der Waals surface area contributed by atoms with Crippen molar-refractivity contribution in [3.8, 4) is 0 Å². The van der Waals surface area contributed by atoms with E-state index < -0.39 is 5.92 Å². The number of hydrogen-bond acceptors (Lipinski definition) is 4. The molecule has 0 unspecified atom stereocenters. The number of aryl methyl sites for hydroxylation is 1. The third-order valence-corrected chi connectivity index (χ3v) is 2.53. The van der Waals surface area contributed by atoms with Gasteiger partial charge >= 0.3 is 0 Å². The number of rotatable bonds is 1. The fourth-order valence-electron chi connectivity index (χ4n) is 1.06. The van der Waals surface area contributed by atoms with Crippen LogP contribution in [0, 0.1) is 6.92 Å². The van der Waals surface area contributed by atoms with Gasteiger partial charge in [0.2, 0.25) is 5.13 Å². The predicted octanol–water partition coefficient (Wildman–Crippen LogP) is 1.30. The second-order valence-corrected chi connectivity index (χ2v) is 3.98. The summed E-state index contributed by atoms with van der Waals surface area (Å²) in [4.78, 5) is 1.53. The van der Waals surface area contributed by atoms with Gasteiger partial charge in [0, 0.05) is 0 Å². The average molecular weight is 191 g/mol. The van der Waals surface area contributed by atoms with Gasteiger partial charge in [-0.25, -0.2) is 8.78 Å². The first-order chi connectivity index (χ1) is 5.57. The van der Waals surface area contributed by atoms with Crippen LogP contribution in [0.25, 0.3) is 0 Å². The molecule has 0 amide bonds. The standard InChI is InChI=1S/C6H7F2N3S/c1-4-9-10-5(12-4)11-2-6(7,8)3-11/h2-3H2,1H3. The van der Waals surface area contributed by atoms with Crippen LogP contribution in [0.2, 0.25) is 0 Å². The fraction of sp³-hybridized carbons (Fsp3) is 0.667. The lowest BCUT2D eigenvalue weighted by Gasteiger charge is -2.37. The van der Waals surface area contributed by atoms with Crippen LogP contribution in [-0.4, -0.2) is 29.2 Å². The second kappa shape index (κ2) is 2.35. The number of halogens is 2. The summed E-state index contributed by atoms with van der Waals surface area (Å²) in [5, 5.41) is 8.92. The van der Waals surface area contributed by atoms with Gasteiger partial charge in [0.25, 0.3) is 5.92 Å². The van der Waals surface area contributed by atoms with Crippen molar-refractivity contribution in [1.29, 1.82) is 0 Å². The van der Waals surface area contributed by atoms with Crippen molar-refractivity contribution < 1.29 is 8.78 Å². The van der Waals surface area contributed by atoms with Crippen LogP contribution >= 0.6 is 11.3 Å². The first-order valence-electron chi connectivity index (χ1n) is 3.50. The molecule has 0 saturated carbocycles. The topological polar surface area (TPSA) is 29.0 Å². The molecule has 1 fully saturated rings. The van der Waals surface area contributed by atoms with E-state index in [-0.39, 0.29) is 13.1 Å². The quantitative estimate of drug-likeness (QED) is 0.670. The first kappa shape index (κ1) is 7.85. The van der Waals surface area contributed by atoms with E-state index in [1.807, 2.05) is 0 Å². The molecule has 0 N–H and O–H groups in total. The highest BCUT2D eigenvalue weighted by molar-refractivity contribution is 7.15. The van der Waals surface area contributed by atoms with Gasteiger partial charge in [-0.15, -0.1) is 10.2 Å². The number of alkyl halides is 2. The molecule has 2 heterocycles. The zero-order valence-electron chi connectivity index (χ0n) is 6.42. The van der Waals surface area contributed by atoms with Gasteiger partial charge in [0.15, 0.2) is 0 Å². The number of aromatic nitrogens is 2. The maximum absolute atomic E-state index is 12.4. The molecule has 1 aliphatic rings. The number of anilines is 1. The zero-order chi connectivity index (χ0) is 8.77. The highest BCUT2D eigenvalue weighted by atomic mass is 32.1. The van der Waals surface area contributed by atoms with E-state index in [1.165, 1.54) is 16.2 Å². The molecule has 1 aliphatic heterocycles. The molecular formula is C6H7F2N3S. The van der Waals surface area contributed by atoms with Gasteiger partial charge in [-0.05, 0) is 6.92 Å². The Bertz CT molecular complexity index is 291. The summed E-state index contributed by atoms with van der Waals surface area (Å²) < 4.78 is 24.8. The molecule has 66 valence electrons. The Morgan fingerprint density at radius 2 is 2.08 bits per heavy atom. The van der Waals surface area contributed by atoms with Crippen molar-refractivity contribution in [3.05, 3.63) is 5.01 Å². The molecule has 1 aromatic heterocycles. The Morgan fingerprint density at radius 3 is 2.50 bits per heavy atom. The largest absolute Gasteiger partial charge is 0.334 e. The maximum atomic E-state index is 12.4. The second-order valence-electron chi connectivity index (χ2n) is 2.82. The Hall–Kier alpha value is -0.780. The summed E-state index contributed by atoms with van der Waals surface area (Å²) in [7, 11) is 0. The van der Waals surface area contributed by atoms with E-state index in [4.69, 9.17) is 0 Å². The monoisotopic (exact) mass is 191 g/mol. The van der Waals surface area contributed by atoms with Gasteiger partial charge in [0.05, 0.1) is 13.1 Å². The van der Waals surface area contributed by atoms with Crippen molar-refractivity contribution in [2.45, 2.75) is 12.8 Å². The van der Waals surface area contributed by atoms with Crippen molar-refractivity contribution in [2.24, 2.45) is 0 Å². The van der Waals surface area contributed by atoms with Crippen molar-refractivity contribution in [1.82, 2.24) is 10.2 Å². The first-order valence-corrected chi connectivity index (χ1v) is 4.31. The predicted molar refractivity (Wildman–Crippen MR) is 41.8 cm³/mol. The van der Waals surface area contributed by atoms with Gasteiger partial charge < -0.3 is 4.90 Å². The minimum Gasteiger partial charge on any atom is -0.334 e. The summed E-state index contributed by atoms with van der Waals surface area (Å²) >= 11 is 1.34. The van der Waals surface area contributed by atoms with Gasteiger partial charge in [-0.3, -0.25) is 0 Å². The van der Waals surface area contributed by atoms with Crippen LogP contribution in [0.5, 0.6) is 0 Å². The Kier molecular flexibility index (Phi) is 1.54. The molecule has 2 rings (SSSR count). The van der Waals surface area contributed by atoms with Crippen molar-refractivity contribution in [3.63, 3.8) is 0 Å². The lowest BCUT2D eigenvalue weighted by atomic mass is 10.2. The van der Waals surface area contributed by atoms with E-state index in [9.17, 15) is 8.78 Å². The Labute approximate surface area is 72.0 Å². The molecule has 0 aromatic carbocycles. The van der Waals surface area contributed by atoms with Crippen LogP contribution in [0.4, 0.5) is 13.9 Å². The SMILES string of the molecule is Cc1nnc(N2CC(F)(F)C2)s1. The van der Waals surface area contributed by atoms with Gasteiger partial charge in [-0.1, -0.05) is 11.3 Å². The molecule has 0 spiro atoms. The third-order valence-electron chi connectivity index (χ3n) is 1.63. The summed E-state index contributed by atoms with van der Waals surface area (Å²) in [5.41, 5.74) is 0. The normalized spacial score (nSPS) is 20.8. The molecule has 0 atom stereocenters. The van der Waals surface area contributed by atoms with E-state index in [0.29, 0.717) is 5.13 Å². The summed E-state index contributed by atoms with van der Waals surface area (Å²) in [6.45, 7) is 1.36. The van der Waals surface area contributed by atoms with Gasteiger partial charge in [0.1, 0.15) is 5.01 Å². The van der Waals surface area contributed by atoms with Crippen molar-refractivity contribution >= 4 is 16.5 Å². The average Bonchev–Trinajstić information content (AvgIpc) is 2.30. The molecule has 12 heavy (non-hydrogen) atoms. The van der Waals surface area contributed by atoms with Crippen LogP contribution in [0.3, 0.4) is 0 Å². The molecule has 1 aromatic rings. The summed E-state index contributed by atoms with van der Waals surface area (Å²) in [5.74, 6) is -2.53. The van der Waals surface area contributed by atoms with Gasteiger partial charge in [-0.2, -0.15) is 0 Å². The van der Waals surface area contributed by atoms with E-state index in [0.717, 1.165) is 5.01 Å². The van der Waals surface area contributed by atoms with Crippen LogP contribution in [0.15, 0.2) is 0 Å². The van der Waals surface area contributed by atoms with Crippen molar-refractivity contribution in [2.75, 3.05) is 18.0 Å². The molecule has 1 saturated heterocycles. The molecule has 0 radical (unpaired) electrons. The van der Waals surface area contributed by atoms with E-state index >= 15 is 0 Å². The zero-order valence-corrected chi connectivity index (χ0v) is 7.24. The number of hydrogen-bond donors (Lipinski definition) is 0. The third kappa shape index (κ3) is 1.26. The lowest BCUT2D eigenvalue weighted by molar-refractivity contribution is -0.0263. The van der Waals surface area contributed by atoms with Crippen LogP contribution in [0.1, 0.15) is 5.01 Å². The highest BCUT2D eigenvalue weighted by Crippen LogP contribution is 2.32. The number of nitrogens with zero attached hydrogens (tertiary/aromatic N) is 3. The fourth-order valence-corrected chi connectivity index (χ4v) is 1.75. The maximum Gasteiger partial charge on any atom is 0.282 e. The van der Waals surface area contributed by atoms with Crippen LogP contribution < -0.4 is 4.90 Å². The smallest absolute Gasteiger partial charge is 0.282 e. The Balaban J connectivity index is 2.06. The molecule has 3 nitrogen and oxygen atoms in total. The molecule has 6 heteroatoms.